The Bertz CT molecular complexity index is 2600. The maximum atomic E-state index is 2.42. The van der Waals surface area contributed by atoms with E-state index in [4.69, 9.17) is 0 Å². The van der Waals surface area contributed by atoms with Crippen molar-refractivity contribution in [3.8, 4) is 5.69 Å². The molecule has 0 saturated carbocycles. The van der Waals surface area contributed by atoms with Crippen molar-refractivity contribution in [1.82, 2.24) is 4.57 Å². The van der Waals surface area contributed by atoms with Crippen molar-refractivity contribution in [3.05, 3.63) is 169 Å². The fraction of sp³-hybridized carbons (Fsp3) is 0.0870. The number of nitrogens with zero attached hydrogens (tertiary/aromatic N) is 2. The Morgan fingerprint density at radius 3 is 1.46 bits per heavy atom. The average molecular weight is 617 g/mol. The van der Waals surface area contributed by atoms with Gasteiger partial charge in [0.2, 0.25) is 0 Å². The standard InChI is InChI=1S/C46H36N2/c1-46(2,3)31-21-23-33(24-22-31)47(34-25-27-40-38-17-8-7-15-36(38)37-16-9-10-18-39(37)43(40)29-34)35-26-28-42-41-19-11-12-20-44(41)48(45(42)30-35)32-13-5-4-6-14-32/h4-30H,1-3H3. The van der Waals surface area contributed by atoms with Crippen molar-refractivity contribution >= 4 is 71.2 Å². The van der Waals surface area contributed by atoms with Gasteiger partial charge in [0.05, 0.1) is 11.0 Å². The molecule has 0 aliphatic heterocycles. The van der Waals surface area contributed by atoms with E-state index in [1.54, 1.807) is 0 Å². The smallest absolute Gasteiger partial charge is 0.0561 e. The van der Waals surface area contributed by atoms with Crippen LogP contribution in [0.4, 0.5) is 17.1 Å². The maximum absolute atomic E-state index is 2.42. The van der Waals surface area contributed by atoms with E-state index in [0.29, 0.717) is 0 Å². The van der Waals surface area contributed by atoms with E-state index in [2.05, 4.69) is 194 Å². The Kier molecular flexibility index (Phi) is 6.42. The third-order valence-corrected chi connectivity index (χ3v) is 9.91. The van der Waals surface area contributed by atoms with Gasteiger partial charge in [-0.3, -0.25) is 0 Å². The SMILES string of the molecule is CC(C)(C)c1ccc(N(c2ccc3c4ccccc4c4ccccc4c3c2)c2ccc3c4ccccc4n(-c4ccccc4)c3c2)cc1. The van der Waals surface area contributed by atoms with Gasteiger partial charge < -0.3 is 9.47 Å². The average Bonchev–Trinajstić information content (AvgIpc) is 3.46. The van der Waals surface area contributed by atoms with Gasteiger partial charge in [0, 0.05) is 33.5 Å². The molecule has 0 unspecified atom stereocenters. The van der Waals surface area contributed by atoms with Crippen LogP contribution < -0.4 is 4.90 Å². The molecular weight excluding hydrogens is 581 g/mol. The number of fused-ring (bicyclic) bond motifs is 9. The fourth-order valence-electron chi connectivity index (χ4n) is 7.55. The largest absolute Gasteiger partial charge is 0.310 e. The number of anilines is 3. The van der Waals surface area contributed by atoms with Crippen molar-refractivity contribution in [2.24, 2.45) is 0 Å². The third kappa shape index (κ3) is 4.48. The highest BCUT2D eigenvalue weighted by molar-refractivity contribution is 6.25. The van der Waals surface area contributed by atoms with E-state index in [9.17, 15) is 0 Å². The molecule has 230 valence electrons. The van der Waals surface area contributed by atoms with Crippen molar-refractivity contribution in [2.45, 2.75) is 26.2 Å². The molecule has 9 rings (SSSR count). The summed E-state index contributed by atoms with van der Waals surface area (Å²) < 4.78 is 2.40. The van der Waals surface area contributed by atoms with Crippen LogP contribution in [0, 0.1) is 0 Å². The summed E-state index contributed by atoms with van der Waals surface area (Å²) in [4.78, 5) is 2.42. The van der Waals surface area contributed by atoms with Gasteiger partial charge in [-0.2, -0.15) is 0 Å². The quantitative estimate of drug-likeness (QED) is 0.179. The molecule has 2 heteroatoms. The molecule has 1 aromatic heterocycles. The zero-order valence-corrected chi connectivity index (χ0v) is 27.5. The monoisotopic (exact) mass is 616 g/mol. The van der Waals surface area contributed by atoms with Crippen molar-refractivity contribution in [3.63, 3.8) is 0 Å². The van der Waals surface area contributed by atoms with Crippen LogP contribution in [0.25, 0.3) is 59.8 Å². The normalized spacial score (nSPS) is 12.1. The van der Waals surface area contributed by atoms with Gasteiger partial charge in [0.1, 0.15) is 0 Å². The minimum Gasteiger partial charge on any atom is -0.310 e. The lowest BCUT2D eigenvalue weighted by Crippen LogP contribution is -2.13. The molecule has 1 heterocycles. The second kappa shape index (κ2) is 10.9. The molecule has 0 saturated heterocycles. The molecule has 0 atom stereocenters. The summed E-state index contributed by atoms with van der Waals surface area (Å²) in [5.41, 5.74) is 8.34. The molecule has 0 N–H and O–H groups in total. The second-order valence-corrected chi connectivity index (χ2v) is 13.8. The Balaban J connectivity index is 1.32. The van der Waals surface area contributed by atoms with Gasteiger partial charge in [-0.1, -0.05) is 130 Å². The number of hydrogen-bond donors (Lipinski definition) is 0. The molecule has 0 radical (unpaired) electrons. The predicted octanol–water partition coefficient (Wildman–Crippen LogP) is 13.0. The summed E-state index contributed by atoms with van der Waals surface area (Å²) in [5, 5.41) is 10.2. The minimum absolute atomic E-state index is 0.0712. The van der Waals surface area contributed by atoms with E-state index in [0.717, 1.165) is 22.7 Å². The molecule has 0 spiro atoms. The first-order valence-electron chi connectivity index (χ1n) is 16.8. The number of hydrogen-bond acceptors (Lipinski definition) is 1. The van der Waals surface area contributed by atoms with Crippen LogP contribution in [0.3, 0.4) is 0 Å². The van der Waals surface area contributed by atoms with Crippen LogP contribution in [0.1, 0.15) is 26.3 Å². The van der Waals surface area contributed by atoms with Crippen LogP contribution in [-0.4, -0.2) is 4.57 Å². The summed E-state index contributed by atoms with van der Waals surface area (Å²) in [7, 11) is 0. The fourth-order valence-corrected chi connectivity index (χ4v) is 7.55. The minimum atomic E-state index is 0.0712. The van der Waals surface area contributed by atoms with Crippen molar-refractivity contribution in [1.29, 1.82) is 0 Å². The molecular formula is C46H36N2. The van der Waals surface area contributed by atoms with Gasteiger partial charge in [-0.25, -0.2) is 0 Å². The molecule has 0 aliphatic rings. The van der Waals surface area contributed by atoms with Crippen LogP contribution in [0.5, 0.6) is 0 Å². The summed E-state index contributed by atoms with van der Waals surface area (Å²) in [6, 6.07) is 60.1. The van der Waals surface area contributed by atoms with Crippen molar-refractivity contribution in [2.75, 3.05) is 4.90 Å². The van der Waals surface area contributed by atoms with E-state index < -0.39 is 0 Å². The topological polar surface area (TPSA) is 8.17 Å². The highest BCUT2D eigenvalue weighted by Gasteiger charge is 2.20. The third-order valence-electron chi connectivity index (χ3n) is 9.91. The van der Waals surface area contributed by atoms with Crippen LogP contribution in [0.15, 0.2) is 164 Å². The zero-order chi connectivity index (χ0) is 32.4. The summed E-state index contributed by atoms with van der Waals surface area (Å²) >= 11 is 0. The molecule has 0 fully saturated rings. The van der Waals surface area contributed by atoms with Gasteiger partial charge in [0.25, 0.3) is 0 Å². The number of rotatable bonds is 4. The van der Waals surface area contributed by atoms with Crippen LogP contribution in [0.2, 0.25) is 0 Å². The summed E-state index contributed by atoms with van der Waals surface area (Å²) in [5.74, 6) is 0. The van der Waals surface area contributed by atoms with E-state index in [-0.39, 0.29) is 5.41 Å². The zero-order valence-electron chi connectivity index (χ0n) is 27.5. The highest BCUT2D eigenvalue weighted by Crippen LogP contribution is 2.43. The molecule has 0 aliphatic carbocycles. The van der Waals surface area contributed by atoms with Gasteiger partial charge >= 0.3 is 0 Å². The second-order valence-electron chi connectivity index (χ2n) is 13.8. The predicted molar refractivity (Wildman–Crippen MR) is 207 cm³/mol. The maximum Gasteiger partial charge on any atom is 0.0561 e. The van der Waals surface area contributed by atoms with E-state index in [1.165, 1.54) is 59.7 Å². The molecule has 9 aromatic rings. The number of aromatic nitrogens is 1. The Morgan fingerprint density at radius 1 is 0.375 bits per heavy atom. The van der Waals surface area contributed by atoms with E-state index in [1.807, 2.05) is 0 Å². The van der Waals surface area contributed by atoms with Crippen LogP contribution >= 0.6 is 0 Å². The molecule has 0 bridgehead atoms. The molecule has 8 aromatic carbocycles. The highest BCUT2D eigenvalue weighted by atomic mass is 15.1. The molecule has 0 amide bonds. The van der Waals surface area contributed by atoms with Gasteiger partial charge in [0.15, 0.2) is 0 Å². The van der Waals surface area contributed by atoms with Gasteiger partial charge in [-0.05, 0) is 97.9 Å². The lowest BCUT2D eigenvalue weighted by atomic mass is 9.87. The number of para-hydroxylation sites is 2. The number of benzene rings is 8. The first-order chi connectivity index (χ1) is 23.5. The van der Waals surface area contributed by atoms with Crippen molar-refractivity contribution < 1.29 is 0 Å². The Labute approximate surface area is 281 Å². The lowest BCUT2D eigenvalue weighted by molar-refractivity contribution is 0.590. The first-order valence-corrected chi connectivity index (χ1v) is 16.8. The Hall–Kier alpha value is -5.86. The molecule has 2 nitrogen and oxygen atoms in total. The summed E-state index contributed by atoms with van der Waals surface area (Å²) in [6.45, 7) is 6.82. The first kappa shape index (κ1) is 28.4. The van der Waals surface area contributed by atoms with Crippen LogP contribution in [-0.2, 0) is 5.41 Å². The Morgan fingerprint density at radius 2 is 0.833 bits per heavy atom. The lowest BCUT2D eigenvalue weighted by Gasteiger charge is -2.28. The van der Waals surface area contributed by atoms with E-state index >= 15 is 0 Å². The summed E-state index contributed by atoms with van der Waals surface area (Å²) in [6.07, 6.45) is 0. The molecule has 48 heavy (non-hydrogen) atoms. The van der Waals surface area contributed by atoms with Gasteiger partial charge in [-0.15, -0.1) is 0 Å².